The van der Waals surface area contributed by atoms with E-state index < -0.39 is 41.8 Å². The highest BCUT2D eigenvalue weighted by Crippen LogP contribution is 2.49. The van der Waals surface area contributed by atoms with Gasteiger partial charge < -0.3 is 10.2 Å². The molecule has 1 N–H and O–H groups in total. The highest BCUT2D eigenvalue weighted by molar-refractivity contribution is 5.93. The Labute approximate surface area is 152 Å². The predicted molar refractivity (Wildman–Crippen MR) is 86.1 cm³/mol. The smallest absolute Gasteiger partial charge is 0.340 e. The summed E-state index contributed by atoms with van der Waals surface area (Å²) in [5.41, 5.74) is -1.25. The Balaban J connectivity index is 1.50. The average molecular weight is 391 g/mol. The lowest BCUT2D eigenvalue weighted by atomic mass is 10.1. The molecule has 1 aromatic rings. The van der Waals surface area contributed by atoms with Crippen LogP contribution >= 0.6 is 0 Å². The van der Waals surface area contributed by atoms with Crippen LogP contribution in [0.4, 0.5) is 27.6 Å². The molecule has 1 saturated carbocycles. The zero-order valence-electron chi connectivity index (χ0n) is 14.2. The van der Waals surface area contributed by atoms with Gasteiger partial charge in [0.15, 0.2) is 0 Å². The molecule has 5 nitrogen and oxygen atoms in total. The molecule has 2 amide bonds. The molecule has 2 aliphatic rings. The van der Waals surface area contributed by atoms with Crippen LogP contribution in [-0.2, 0) is 15.8 Å². The van der Waals surface area contributed by atoms with Gasteiger partial charge in [0.2, 0.25) is 11.8 Å². The van der Waals surface area contributed by atoms with E-state index in [1.807, 2.05) is 0 Å². The van der Waals surface area contributed by atoms with Crippen LogP contribution in [0.1, 0.15) is 12.0 Å². The van der Waals surface area contributed by atoms with Crippen molar-refractivity contribution in [3.05, 3.63) is 29.8 Å². The zero-order chi connectivity index (χ0) is 19.8. The van der Waals surface area contributed by atoms with Crippen LogP contribution in [0, 0.1) is 5.92 Å². The number of alkyl halides is 5. The fourth-order valence-corrected chi connectivity index (χ4v) is 3.06. The van der Waals surface area contributed by atoms with E-state index in [0.29, 0.717) is 13.1 Å². The van der Waals surface area contributed by atoms with Crippen molar-refractivity contribution in [2.45, 2.75) is 18.5 Å². The lowest BCUT2D eigenvalue weighted by Crippen LogP contribution is -2.51. The number of benzene rings is 1. The first-order chi connectivity index (χ1) is 12.6. The molecule has 27 heavy (non-hydrogen) atoms. The van der Waals surface area contributed by atoms with Gasteiger partial charge in [-0.1, -0.05) is 12.1 Å². The van der Waals surface area contributed by atoms with E-state index in [9.17, 15) is 31.5 Å². The van der Waals surface area contributed by atoms with E-state index in [1.165, 1.54) is 23.1 Å². The predicted octanol–water partition coefficient (Wildman–Crippen LogP) is 2.44. The van der Waals surface area contributed by atoms with E-state index in [0.717, 1.165) is 6.07 Å². The summed E-state index contributed by atoms with van der Waals surface area (Å²) in [6, 6.07) is 4.68. The summed E-state index contributed by atoms with van der Waals surface area (Å²) in [7, 11) is 0. The Morgan fingerprint density at radius 1 is 1.11 bits per heavy atom. The number of halogens is 5. The maximum Gasteiger partial charge on any atom is 0.418 e. The third-order valence-electron chi connectivity index (χ3n) is 4.68. The van der Waals surface area contributed by atoms with Gasteiger partial charge in [0.1, 0.15) is 5.92 Å². The minimum atomic E-state index is -4.58. The van der Waals surface area contributed by atoms with Gasteiger partial charge in [-0.2, -0.15) is 13.2 Å². The van der Waals surface area contributed by atoms with Crippen LogP contribution in [0.2, 0.25) is 0 Å². The third kappa shape index (κ3) is 4.55. The van der Waals surface area contributed by atoms with Gasteiger partial charge in [0.05, 0.1) is 17.8 Å². The minimum absolute atomic E-state index is 0.145. The first-order valence-electron chi connectivity index (χ1n) is 8.43. The summed E-state index contributed by atoms with van der Waals surface area (Å²) in [4.78, 5) is 27.0. The molecular weight excluding hydrogens is 373 g/mol. The second-order valence-electron chi connectivity index (χ2n) is 6.71. The maximum absolute atomic E-state index is 13.0. The van der Waals surface area contributed by atoms with Crippen LogP contribution in [0.5, 0.6) is 0 Å². The van der Waals surface area contributed by atoms with Gasteiger partial charge in [-0.05, 0) is 12.1 Å². The van der Waals surface area contributed by atoms with Crippen molar-refractivity contribution >= 4 is 17.5 Å². The van der Waals surface area contributed by atoms with Crippen molar-refractivity contribution in [3.63, 3.8) is 0 Å². The van der Waals surface area contributed by atoms with Crippen LogP contribution in [0.25, 0.3) is 0 Å². The van der Waals surface area contributed by atoms with Gasteiger partial charge in [0, 0.05) is 32.6 Å². The Bertz CT molecular complexity index is 730. The Hall–Kier alpha value is -2.23. The van der Waals surface area contributed by atoms with Crippen molar-refractivity contribution in [2.75, 3.05) is 38.0 Å². The Kier molecular flexibility index (Phi) is 5.11. The molecule has 2 fully saturated rings. The molecule has 148 valence electrons. The fourth-order valence-electron chi connectivity index (χ4n) is 3.06. The lowest BCUT2D eigenvalue weighted by Gasteiger charge is -2.34. The van der Waals surface area contributed by atoms with E-state index in [-0.39, 0.29) is 25.3 Å². The molecule has 1 aromatic carbocycles. The monoisotopic (exact) mass is 391 g/mol. The molecule has 3 rings (SSSR count). The summed E-state index contributed by atoms with van der Waals surface area (Å²) < 4.78 is 64.8. The van der Waals surface area contributed by atoms with Gasteiger partial charge in [-0.25, -0.2) is 8.78 Å². The van der Waals surface area contributed by atoms with Crippen molar-refractivity contribution in [2.24, 2.45) is 5.92 Å². The molecule has 0 spiro atoms. The Morgan fingerprint density at radius 2 is 1.70 bits per heavy atom. The van der Waals surface area contributed by atoms with Crippen molar-refractivity contribution in [1.29, 1.82) is 0 Å². The summed E-state index contributed by atoms with van der Waals surface area (Å²) in [5, 5.41) is 2.26. The number of nitrogens with zero attached hydrogens (tertiary/aromatic N) is 2. The summed E-state index contributed by atoms with van der Waals surface area (Å²) in [6.45, 7) is 0.847. The fraction of sp³-hybridized carbons (Fsp3) is 0.529. The maximum atomic E-state index is 13.0. The molecule has 10 heteroatoms. The van der Waals surface area contributed by atoms with E-state index in [2.05, 4.69) is 5.32 Å². The SMILES string of the molecule is O=C(CN1CCN(C(=O)C2CC2(F)F)CC1)Nc1ccccc1C(F)(F)F. The minimum Gasteiger partial charge on any atom is -0.340 e. The number of nitrogens with one attached hydrogen (secondary N) is 1. The number of piperazine rings is 1. The van der Waals surface area contributed by atoms with E-state index in [4.69, 9.17) is 0 Å². The highest BCUT2D eigenvalue weighted by atomic mass is 19.4. The number of hydrogen-bond donors (Lipinski definition) is 1. The first kappa shape index (κ1) is 19.5. The molecule has 1 unspecified atom stereocenters. The van der Waals surface area contributed by atoms with Crippen LogP contribution < -0.4 is 5.32 Å². The van der Waals surface area contributed by atoms with Gasteiger partial charge >= 0.3 is 6.18 Å². The van der Waals surface area contributed by atoms with Gasteiger partial charge in [-0.3, -0.25) is 14.5 Å². The lowest BCUT2D eigenvalue weighted by molar-refractivity contribution is -0.137. The molecule has 1 aliphatic carbocycles. The molecule has 0 aromatic heterocycles. The van der Waals surface area contributed by atoms with Crippen molar-refractivity contribution in [1.82, 2.24) is 9.80 Å². The largest absolute Gasteiger partial charge is 0.418 e. The highest BCUT2D eigenvalue weighted by Gasteiger charge is 2.62. The van der Waals surface area contributed by atoms with Gasteiger partial charge in [-0.15, -0.1) is 0 Å². The van der Waals surface area contributed by atoms with Crippen LogP contribution in [0.15, 0.2) is 24.3 Å². The number of para-hydroxylation sites is 1. The molecule has 1 atom stereocenters. The first-order valence-corrected chi connectivity index (χ1v) is 8.43. The molecule has 1 aliphatic heterocycles. The normalized spacial score (nSPS) is 22.4. The molecule has 0 bridgehead atoms. The Morgan fingerprint density at radius 3 is 2.26 bits per heavy atom. The van der Waals surface area contributed by atoms with Crippen molar-refractivity contribution in [3.8, 4) is 0 Å². The second kappa shape index (κ2) is 7.06. The summed E-state index contributed by atoms with van der Waals surface area (Å²) in [5.74, 6) is -5.35. The molecule has 0 radical (unpaired) electrons. The van der Waals surface area contributed by atoms with E-state index in [1.54, 1.807) is 4.90 Å². The topological polar surface area (TPSA) is 52.7 Å². The van der Waals surface area contributed by atoms with Crippen LogP contribution in [-0.4, -0.2) is 60.3 Å². The standard InChI is InChI=1S/C17H18F5N3O2/c18-16(19)9-12(16)15(27)25-7-5-24(6-8-25)10-14(26)23-13-4-2-1-3-11(13)17(20,21)22/h1-4,12H,5-10H2,(H,23,26). The number of rotatable bonds is 4. The molecule has 1 saturated heterocycles. The number of anilines is 1. The number of hydrogen-bond acceptors (Lipinski definition) is 3. The molecular formula is C17H18F5N3O2. The average Bonchev–Trinajstić information content (AvgIpc) is 3.23. The quantitative estimate of drug-likeness (QED) is 0.803. The number of carbonyl (C=O) groups is 2. The molecule has 1 heterocycles. The van der Waals surface area contributed by atoms with Crippen molar-refractivity contribution < 1.29 is 31.5 Å². The summed E-state index contributed by atoms with van der Waals surface area (Å²) >= 11 is 0. The van der Waals surface area contributed by atoms with E-state index >= 15 is 0 Å². The van der Waals surface area contributed by atoms with Gasteiger partial charge in [0.25, 0.3) is 5.92 Å². The zero-order valence-corrected chi connectivity index (χ0v) is 14.2. The number of carbonyl (C=O) groups excluding carboxylic acids is 2. The summed E-state index contributed by atoms with van der Waals surface area (Å²) in [6.07, 6.45) is -5.01. The number of amides is 2. The van der Waals surface area contributed by atoms with Crippen LogP contribution in [0.3, 0.4) is 0 Å². The third-order valence-corrected chi connectivity index (χ3v) is 4.68. The second-order valence-corrected chi connectivity index (χ2v) is 6.71.